The van der Waals surface area contributed by atoms with E-state index in [0.29, 0.717) is 0 Å². The van der Waals surface area contributed by atoms with Crippen LogP contribution in [0.25, 0.3) is 11.2 Å². The highest BCUT2D eigenvalue weighted by Crippen LogP contribution is 2.38. The number of aliphatic hydroxyl groups is 1. The molecule has 4 rings (SSSR count). The fraction of sp³-hybridized carbons (Fsp3) is 0.400. The van der Waals surface area contributed by atoms with E-state index < -0.39 is 48.4 Å². The molecule has 1 unspecified atom stereocenters. The first-order valence-electron chi connectivity index (χ1n) is 11.8. The number of ether oxygens (including phenoxy) is 3. The molecule has 13 heteroatoms. The van der Waals surface area contributed by atoms with Gasteiger partial charge in [0.05, 0.1) is 12.9 Å². The van der Waals surface area contributed by atoms with Gasteiger partial charge in [0.2, 0.25) is 5.91 Å². The summed E-state index contributed by atoms with van der Waals surface area (Å²) in [6.45, 7) is 5.10. The summed E-state index contributed by atoms with van der Waals surface area (Å²) in [6.07, 6.45) is -4.14. The number of hydrogen-bond acceptors (Lipinski definition) is 11. The fourth-order valence-electron chi connectivity index (χ4n) is 4.34. The third kappa shape index (κ3) is 5.38. The minimum Gasteiger partial charge on any atom is -0.455 e. The van der Waals surface area contributed by atoms with Gasteiger partial charge in [-0.1, -0.05) is 30.3 Å². The average molecular weight is 526 g/mol. The molecule has 1 fully saturated rings. The van der Waals surface area contributed by atoms with Crippen LogP contribution in [0, 0.1) is 0 Å². The number of rotatable bonds is 8. The number of nitrogens with zero attached hydrogens (tertiary/aromatic N) is 5. The van der Waals surface area contributed by atoms with Crippen molar-refractivity contribution < 1.29 is 38.5 Å². The van der Waals surface area contributed by atoms with Crippen molar-refractivity contribution in [3.8, 4) is 0 Å². The number of Topliss-reactive ketones (excluding diaryl/α,β-unsaturated/α-hetero) is 1. The topological polar surface area (TPSA) is 163 Å². The van der Waals surface area contributed by atoms with Crippen molar-refractivity contribution in [1.82, 2.24) is 19.5 Å². The average Bonchev–Trinajstić information content (AvgIpc) is 3.43. The Kier molecular flexibility index (Phi) is 7.78. The summed E-state index contributed by atoms with van der Waals surface area (Å²) in [6, 6.07) is 9.33. The number of imidazole rings is 1. The highest BCUT2D eigenvalue weighted by Gasteiger charge is 2.54. The number of esters is 2. The molecule has 1 saturated heterocycles. The highest BCUT2D eigenvalue weighted by atomic mass is 16.6. The van der Waals surface area contributed by atoms with Crippen molar-refractivity contribution in [3.05, 3.63) is 48.5 Å². The number of carbonyl (C=O) groups excluding carboxylic acids is 4. The van der Waals surface area contributed by atoms with E-state index in [1.807, 2.05) is 30.3 Å². The van der Waals surface area contributed by atoms with Gasteiger partial charge in [0, 0.05) is 20.8 Å². The Balaban J connectivity index is 1.78. The van der Waals surface area contributed by atoms with Crippen molar-refractivity contribution in [2.75, 3.05) is 4.90 Å². The van der Waals surface area contributed by atoms with E-state index in [0.717, 1.165) is 26.3 Å². The first-order valence-corrected chi connectivity index (χ1v) is 11.8. The molecule has 38 heavy (non-hydrogen) atoms. The van der Waals surface area contributed by atoms with Gasteiger partial charge in [0.1, 0.15) is 18.5 Å². The lowest BCUT2D eigenvalue weighted by atomic mass is 10.0. The second kappa shape index (κ2) is 11.0. The van der Waals surface area contributed by atoms with Crippen LogP contribution in [0.1, 0.15) is 39.5 Å². The molecule has 1 N–H and O–H groups in total. The van der Waals surface area contributed by atoms with Gasteiger partial charge in [-0.15, -0.1) is 0 Å². The Morgan fingerprint density at radius 1 is 1.00 bits per heavy atom. The monoisotopic (exact) mass is 525 g/mol. The Bertz CT molecular complexity index is 1360. The first-order chi connectivity index (χ1) is 18.1. The van der Waals surface area contributed by atoms with Gasteiger partial charge in [-0.05, 0) is 12.5 Å². The van der Waals surface area contributed by atoms with Gasteiger partial charge >= 0.3 is 11.9 Å². The molecule has 13 nitrogen and oxygen atoms in total. The quantitative estimate of drug-likeness (QED) is 0.419. The summed E-state index contributed by atoms with van der Waals surface area (Å²) in [5.41, 5.74) is 1.34. The molecule has 2 aromatic heterocycles. The molecule has 0 radical (unpaired) electrons. The molecule has 0 spiro atoms. The summed E-state index contributed by atoms with van der Waals surface area (Å²) < 4.78 is 18.2. The SMILES string of the molecule is CC(=O)O[C@@H]1[C@H](OC(C)=O)[C@@H](C(O)C(C)=O)O[C@H]1n1cnc2c(N(Cc3ccccc3)C(C)=O)ncnc21. The molecule has 0 bridgehead atoms. The number of fused-ring (bicyclic) bond motifs is 1. The molecule has 1 aliphatic heterocycles. The molecular formula is C25H27N5O8. The zero-order valence-corrected chi connectivity index (χ0v) is 21.2. The Morgan fingerprint density at radius 2 is 1.66 bits per heavy atom. The Morgan fingerprint density at radius 3 is 2.26 bits per heavy atom. The molecule has 5 atom stereocenters. The van der Waals surface area contributed by atoms with E-state index in [2.05, 4.69) is 15.0 Å². The van der Waals surface area contributed by atoms with Crippen LogP contribution >= 0.6 is 0 Å². The number of ketones is 1. The zero-order valence-electron chi connectivity index (χ0n) is 21.2. The van der Waals surface area contributed by atoms with Crippen molar-refractivity contribution >= 4 is 40.6 Å². The molecule has 1 amide bonds. The van der Waals surface area contributed by atoms with Gasteiger partial charge in [-0.3, -0.25) is 28.6 Å². The normalized spacial score (nSPS) is 21.6. The minimum absolute atomic E-state index is 0.219. The number of aliphatic hydroxyl groups excluding tert-OH is 1. The van der Waals surface area contributed by atoms with Crippen molar-refractivity contribution in [1.29, 1.82) is 0 Å². The lowest BCUT2D eigenvalue weighted by Crippen LogP contribution is -2.45. The second-order valence-electron chi connectivity index (χ2n) is 8.81. The summed E-state index contributed by atoms with van der Waals surface area (Å²) in [7, 11) is 0. The first kappa shape index (κ1) is 26.8. The van der Waals surface area contributed by atoms with Crippen LogP contribution < -0.4 is 4.90 Å². The number of hydrogen-bond donors (Lipinski definition) is 1. The summed E-state index contributed by atoms with van der Waals surface area (Å²) in [5, 5.41) is 10.5. The van der Waals surface area contributed by atoms with Crippen LogP contribution in [-0.2, 0) is 39.9 Å². The van der Waals surface area contributed by atoms with Crippen LogP contribution in [0.5, 0.6) is 0 Å². The van der Waals surface area contributed by atoms with E-state index >= 15 is 0 Å². The molecule has 1 aromatic carbocycles. The van der Waals surface area contributed by atoms with E-state index in [1.165, 1.54) is 29.0 Å². The van der Waals surface area contributed by atoms with E-state index in [9.17, 15) is 24.3 Å². The molecule has 0 saturated carbocycles. The van der Waals surface area contributed by atoms with Crippen LogP contribution in [0.15, 0.2) is 43.0 Å². The molecule has 0 aliphatic carbocycles. The van der Waals surface area contributed by atoms with Gasteiger partial charge in [0.25, 0.3) is 0 Å². The van der Waals surface area contributed by atoms with E-state index in [4.69, 9.17) is 14.2 Å². The maximum absolute atomic E-state index is 12.6. The standard InChI is InChI=1S/C25H27N5O8/c1-13(31)19(35)20-21(36-15(3)33)22(37-16(4)34)25(38-20)30-12-28-18-23(26-11-27-24(18)30)29(14(2)32)10-17-8-6-5-7-9-17/h5-9,11-12,19-22,25,35H,10H2,1-4H3/t19?,20-,21-,22-,25-/m1/s1. The van der Waals surface area contributed by atoms with Crippen molar-refractivity contribution in [2.24, 2.45) is 0 Å². The Labute approximate surface area is 217 Å². The lowest BCUT2D eigenvalue weighted by Gasteiger charge is -2.24. The highest BCUT2D eigenvalue weighted by molar-refractivity contribution is 5.97. The molecular weight excluding hydrogens is 498 g/mol. The maximum atomic E-state index is 12.6. The fourth-order valence-corrected chi connectivity index (χ4v) is 4.34. The largest absolute Gasteiger partial charge is 0.455 e. The number of amides is 1. The molecule has 3 heterocycles. The summed E-state index contributed by atoms with van der Waals surface area (Å²) in [5.74, 6) is -2.10. The van der Waals surface area contributed by atoms with Crippen molar-refractivity contribution in [2.45, 2.75) is 64.9 Å². The molecule has 200 valence electrons. The molecule has 1 aliphatic rings. The summed E-state index contributed by atoms with van der Waals surface area (Å²) >= 11 is 0. The van der Waals surface area contributed by atoms with Gasteiger partial charge in [-0.2, -0.15) is 0 Å². The second-order valence-corrected chi connectivity index (χ2v) is 8.81. The van der Waals surface area contributed by atoms with Crippen LogP contribution in [-0.4, -0.2) is 72.7 Å². The Hall–Kier alpha value is -4.23. The number of anilines is 1. The predicted octanol–water partition coefficient (Wildman–Crippen LogP) is 1.09. The van der Waals surface area contributed by atoms with Crippen molar-refractivity contribution in [3.63, 3.8) is 0 Å². The zero-order chi connectivity index (χ0) is 27.6. The number of benzene rings is 1. The van der Waals surface area contributed by atoms with E-state index in [-0.39, 0.29) is 29.4 Å². The van der Waals surface area contributed by atoms with Gasteiger partial charge < -0.3 is 19.3 Å². The van der Waals surface area contributed by atoms with Crippen LogP contribution in [0.2, 0.25) is 0 Å². The maximum Gasteiger partial charge on any atom is 0.303 e. The third-order valence-corrected chi connectivity index (χ3v) is 5.99. The van der Waals surface area contributed by atoms with E-state index in [1.54, 1.807) is 0 Å². The van der Waals surface area contributed by atoms with Crippen LogP contribution in [0.4, 0.5) is 5.82 Å². The number of carbonyl (C=O) groups is 4. The minimum atomic E-state index is -1.67. The third-order valence-electron chi connectivity index (χ3n) is 5.99. The number of aromatic nitrogens is 4. The smallest absolute Gasteiger partial charge is 0.303 e. The van der Waals surface area contributed by atoms with Crippen LogP contribution in [0.3, 0.4) is 0 Å². The summed E-state index contributed by atoms with van der Waals surface area (Å²) in [4.78, 5) is 62.8. The van der Waals surface area contributed by atoms with Gasteiger partial charge in [0.15, 0.2) is 41.2 Å². The predicted molar refractivity (Wildman–Crippen MR) is 130 cm³/mol. The lowest BCUT2D eigenvalue weighted by molar-refractivity contribution is -0.167. The van der Waals surface area contributed by atoms with Gasteiger partial charge in [-0.25, -0.2) is 15.0 Å². The molecule has 3 aromatic rings.